The van der Waals surface area contributed by atoms with Crippen molar-refractivity contribution < 1.29 is 4.42 Å². The monoisotopic (exact) mass is 360 g/mol. The average molecular weight is 360 g/mol. The molecular weight excluding hydrogens is 340 g/mol. The molecule has 27 heavy (non-hydrogen) atoms. The molecule has 1 atom stereocenters. The fourth-order valence-electron chi connectivity index (χ4n) is 3.88. The number of aromatic nitrogens is 4. The summed E-state index contributed by atoms with van der Waals surface area (Å²) in [5, 5.41) is 9.30. The Morgan fingerprint density at radius 2 is 2.07 bits per heavy atom. The molecule has 1 aliphatic rings. The second kappa shape index (κ2) is 6.50. The topological polar surface area (TPSA) is 71.2 Å². The first-order chi connectivity index (χ1) is 13.3. The summed E-state index contributed by atoms with van der Waals surface area (Å²) >= 11 is 0. The largest absolute Gasteiger partial charge is 0.450 e. The molecule has 0 saturated carbocycles. The van der Waals surface area contributed by atoms with Gasteiger partial charge in [0.25, 0.3) is 0 Å². The Kier molecular flexibility index (Phi) is 3.85. The molecule has 0 radical (unpaired) electrons. The van der Waals surface area contributed by atoms with E-state index in [1.54, 1.807) is 12.5 Å². The summed E-state index contributed by atoms with van der Waals surface area (Å²) in [6, 6.07) is 12.2. The summed E-state index contributed by atoms with van der Waals surface area (Å²) in [6.45, 7) is 1.87. The Hall–Kier alpha value is -3.22. The van der Waals surface area contributed by atoms with Gasteiger partial charge in [0.15, 0.2) is 17.2 Å². The van der Waals surface area contributed by atoms with Crippen molar-refractivity contribution in [3.8, 4) is 0 Å². The van der Waals surface area contributed by atoms with Gasteiger partial charge in [-0.1, -0.05) is 12.1 Å². The van der Waals surface area contributed by atoms with Gasteiger partial charge in [-0.25, -0.2) is 9.97 Å². The van der Waals surface area contributed by atoms with Gasteiger partial charge in [0.1, 0.15) is 17.4 Å². The molecular formula is C20H20N6O. The molecule has 1 aliphatic heterocycles. The summed E-state index contributed by atoms with van der Waals surface area (Å²) in [6.07, 6.45) is 5.52. The van der Waals surface area contributed by atoms with E-state index in [1.807, 2.05) is 36.4 Å². The van der Waals surface area contributed by atoms with Crippen LogP contribution in [0.25, 0.3) is 22.1 Å². The number of likely N-dealkylation sites (N-methyl/N-ethyl adjacent to an activating group) is 1. The lowest BCUT2D eigenvalue weighted by Crippen LogP contribution is -2.47. The number of anilines is 2. The maximum absolute atomic E-state index is 6.10. The number of rotatable bonds is 3. The smallest absolute Gasteiger partial charge is 0.196 e. The third kappa shape index (κ3) is 2.75. The Morgan fingerprint density at radius 3 is 2.96 bits per heavy atom. The SMILES string of the molecule is CN(c1ncnc2c1oc1ccccc12)C1CCCN(c2cccnn2)C1. The highest BCUT2D eigenvalue weighted by Gasteiger charge is 2.27. The number of benzene rings is 1. The predicted molar refractivity (Wildman–Crippen MR) is 105 cm³/mol. The van der Waals surface area contributed by atoms with Crippen molar-refractivity contribution in [2.75, 3.05) is 29.9 Å². The highest BCUT2D eigenvalue weighted by Crippen LogP contribution is 2.33. The van der Waals surface area contributed by atoms with Gasteiger partial charge in [-0.05, 0) is 37.1 Å². The van der Waals surface area contributed by atoms with Crippen LogP contribution in [0.2, 0.25) is 0 Å². The summed E-state index contributed by atoms with van der Waals surface area (Å²) in [4.78, 5) is 13.5. The molecule has 1 aromatic carbocycles. The molecule has 0 bridgehead atoms. The molecule has 7 nitrogen and oxygen atoms in total. The molecule has 0 spiro atoms. The Morgan fingerprint density at radius 1 is 1.15 bits per heavy atom. The van der Waals surface area contributed by atoms with Crippen LogP contribution in [0.15, 0.2) is 53.3 Å². The van der Waals surface area contributed by atoms with Crippen molar-refractivity contribution in [2.24, 2.45) is 0 Å². The first kappa shape index (κ1) is 16.0. The Labute approximate surface area is 156 Å². The third-order valence-corrected chi connectivity index (χ3v) is 5.30. The summed E-state index contributed by atoms with van der Waals surface area (Å²) < 4.78 is 6.10. The minimum atomic E-state index is 0.312. The number of para-hydroxylation sites is 1. The Balaban J connectivity index is 1.49. The van der Waals surface area contributed by atoms with E-state index in [9.17, 15) is 0 Å². The average Bonchev–Trinajstić information content (AvgIpc) is 3.13. The van der Waals surface area contributed by atoms with Crippen molar-refractivity contribution in [3.63, 3.8) is 0 Å². The summed E-state index contributed by atoms with van der Waals surface area (Å²) in [5.41, 5.74) is 2.45. The molecule has 0 amide bonds. The predicted octanol–water partition coefficient (Wildman–Crippen LogP) is 3.27. The van der Waals surface area contributed by atoms with Crippen LogP contribution in [-0.4, -0.2) is 46.3 Å². The Bertz CT molecular complexity index is 1080. The van der Waals surface area contributed by atoms with E-state index in [-0.39, 0.29) is 0 Å². The molecule has 5 rings (SSSR count). The minimum absolute atomic E-state index is 0.312. The maximum Gasteiger partial charge on any atom is 0.196 e. The summed E-state index contributed by atoms with van der Waals surface area (Å²) in [5.74, 6) is 1.76. The van der Waals surface area contributed by atoms with Gasteiger partial charge in [-0.2, -0.15) is 5.10 Å². The molecule has 1 saturated heterocycles. The number of piperidine rings is 1. The quantitative estimate of drug-likeness (QED) is 0.555. The van der Waals surface area contributed by atoms with Crippen LogP contribution < -0.4 is 9.80 Å². The molecule has 1 fully saturated rings. The molecule has 1 unspecified atom stereocenters. The van der Waals surface area contributed by atoms with E-state index in [1.165, 1.54) is 0 Å². The number of nitrogens with zero attached hydrogens (tertiary/aromatic N) is 6. The lowest BCUT2D eigenvalue weighted by atomic mass is 10.0. The van der Waals surface area contributed by atoms with E-state index in [0.29, 0.717) is 6.04 Å². The van der Waals surface area contributed by atoms with Crippen LogP contribution >= 0.6 is 0 Å². The molecule has 4 aromatic rings. The fourth-order valence-corrected chi connectivity index (χ4v) is 3.88. The lowest BCUT2D eigenvalue weighted by Gasteiger charge is -2.38. The van der Waals surface area contributed by atoms with Crippen molar-refractivity contribution in [3.05, 3.63) is 48.9 Å². The van der Waals surface area contributed by atoms with E-state index >= 15 is 0 Å². The standard InChI is InChI=1S/C20H20N6O/c1-25(14-6-5-11-26(12-14)17-9-4-10-23-24-17)20-19-18(21-13-22-20)15-7-2-3-8-16(15)27-19/h2-4,7-10,13-14H,5-6,11-12H2,1H3. The highest BCUT2D eigenvalue weighted by atomic mass is 16.3. The van der Waals surface area contributed by atoms with Crippen LogP contribution in [0, 0.1) is 0 Å². The molecule has 0 aliphatic carbocycles. The second-order valence-electron chi connectivity index (χ2n) is 6.91. The van der Waals surface area contributed by atoms with Gasteiger partial charge in [-0.3, -0.25) is 0 Å². The molecule has 3 aromatic heterocycles. The number of hydrogen-bond donors (Lipinski definition) is 0. The van der Waals surface area contributed by atoms with Gasteiger partial charge >= 0.3 is 0 Å². The van der Waals surface area contributed by atoms with E-state index in [4.69, 9.17) is 4.42 Å². The zero-order valence-electron chi connectivity index (χ0n) is 15.1. The minimum Gasteiger partial charge on any atom is -0.450 e. The zero-order valence-corrected chi connectivity index (χ0v) is 15.1. The van der Waals surface area contributed by atoms with E-state index in [2.05, 4.69) is 37.0 Å². The normalized spacial score (nSPS) is 17.5. The van der Waals surface area contributed by atoms with Crippen molar-refractivity contribution in [1.82, 2.24) is 20.2 Å². The lowest BCUT2D eigenvalue weighted by molar-refractivity contribution is 0.481. The fraction of sp³-hybridized carbons (Fsp3) is 0.300. The summed E-state index contributed by atoms with van der Waals surface area (Å²) in [7, 11) is 2.08. The van der Waals surface area contributed by atoms with E-state index in [0.717, 1.165) is 59.6 Å². The van der Waals surface area contributed by atoms with Gasteiger partial charge in [0.05, 0.1) is 0 Å². The van der Waals surface area contributed by atoms with Crippen LogP contribution in [0.3, 0.4) is 0 Å². The second-order valence-corrected chi connectivity index (χ2v) is 6.91. The van der Waals surface area contributed by atoms with Crippen molar-refractivity contribution in [1.29, 1.82) is 0 Å². The van der Waals surface area contributed by atoms with Crippen LogP contribution in [0.5, 0.6) is 0 Å². The number of furan rings is 1. The first-order valence-corrected chi connectivity index (χ1v) is 9.19. The first-order valence-electron chi connectivity index (χ1n) is 9.19. The van der Waals surface area contributed by atoms with Gasteiger partial charge in [-0.15, -0.1) is 5.10 Å². The molecule has 7 heteroatoms. The maximum atomic E-state index is 6.10. The molecule has 4 heterocycles. The van der Waals surface area contributed by atoms with Crippen LogP contribution in [0.4, 0.5) is 11.6 Å². The van der Waals surface area contributed by atoms with E-state index < -0.39 is 0 Å². The van der Waals surface area contributed by atoms with Gasteiger partial charge in [0.2, 0.25) is 0 Å². The number of fused-ring (bicyclic) bond motifs is 3. The van der Waals surface area contributed by atoms with Crippen LogP contribution in [0.1, 0.15) is 12.8 Å². The molecule has 136 valence electrons. The number of hydrogen-bond acceptors (Lipinski definition) is 7. The van der Waals surface area contributed by atoms with Crippen LogP contribution in [-0.2, 0) is 0 Å². The third-order valence-electron chi connectivity index (χ3n) is 5.30. The zero-order chi connectivity index (χ0) is 18.2. The van der Waals surface area contributed by atoms with Crippen molar-refractivity contribution >= 4 is 33.7 Å². The highest BCUT2D eigenvalue weighted by molar-refractivity contribution is 6.05. The van der Waals surface area contributed by atoms with Gasteiger partial charge < -0.3 is 14.2 Å². The van der Waals surface area contributed by atoms with Crippen molar-refractivity contribution in [2.45, 2.75) is 18.9 Å². The molecule has 0 N–H and O–H groups in total. The van der Waals surface area contributed by atoms with Gasteiger partial charge in [0, 0.05) is 37.8 Å².